The lowest BCUT2D eigenvalue weighted by Gasteiger charge is -2.28. The number of hydrogen-bond acceptors (Lipinski definition) is 4. The molecule has 0 aromatic heterocycles. The highest BCUT2D eigenvalue weighted by atomic mass is 16.6. The Kier molecular flexibility index (Phi) is 5.44. The average Bonchev–Trinajstić information content (AvgIpc) is 1.98. The molecule has 0 heterocycles. The van der Waals surface area contributed by atoms with Crippen molar-refractivity contribution in [2.75, 3.05) is 6.61 Å². The molecule has 0 fully saturated rings. The van der Waals surface area contributed by atoms with Gasteiger partial charge in [-0.2, -0.15) is 0 Å². The van der Waals surface area contributed by atoms with Crippen LogP contribution in [0.4, 0.5) is 4.79 Å². The molecule has 94 valence electrons. The van der Waals surface area contributed by atoms with Crippen LogP contribution in [-0.2, 0) is 14.3 Å². The van der Waals surface area contributed by atoms with Gasteiger partial charge in [0.1, 0.15) is 17.6 Å². The van der Waals surface area contributed by atoms with Gasteiger partial charge in [-0.05, 0) is 34.6 Å². The van der Waals surface area contributed by atoms with Crippen LogP contribution in [0.2, 0.25) is 0 Å². The lowest BCUT2D eigenvalue weighted by molar-refractivity contribution is -0.110. The van der Waals surface area contributed by atoms with E-state index in [1.54, 1.807) is 34.6 Å². The van der Waals surface area contributed by atoms with Crippen molar-refractivity contribution in [1.29, 1.82) is 0 Å². The summed E-state index contributed by atoms with van der Waals surface area (Å²) in [5.41, 5.74) is -1.38. The molecule has 5 heteroatoms. The van der Waals surface area contributed by atoms with Gasteiger partial charge in [-0.25, -0.2) is 4.79 Å². The number of nitrogens with one attached hydrogen (secondary N) is 1. The third-order valence-corrected chi connectivity index (χ3v) is 1.50. The number of ether oxygens (including phenoxy) is 2. The number of alkyl carbamates (subject to hydrolysis) is 1. The zero-order chi connectivity index (χ0) is 12.8. The topological polar surface area (TPSA) is 64.6 Å². The molecule has 0 radical (unpaired) electrons. The Labute approximate surface area is 96.5 Å². The summed E-state index contributed by atoms with van der Waals surface area (Å²) in [6, 6.07) is 0. The molecule has 0 aromatic rings. The van der Waals surface area contributed by atoms with Gasteiger partial charge in [0, 0.05) is 6.42 Å². The van der Waals surface area contributed by atoms with Gasteiger partial charge >= 0.3 is 6.09 Å². The van der Waals surface area contributed by atoms with Gasteiger partial charge in [-0.1, -0.05) is 0 Å². The van der Waals surface area contributed by atoms with Crippen molar-refractivity contribution in [3.8, 4) is 0 Å². The highest BCUT2D eigenvalue weighted by Crippen LogP contribution is 2.10. The van der Waals surface area contributed by atoms with Gasteiger partial charge in [0.15, 0.2) is 0 Å². The van der Waals surface area contributed by atoms with E-state index in [4.69, 9.17) is 9.47 Å². The fourth-order valence-corrected chi connectivity index (χ4v) is 0.948. The summed E-state index contributed by atoms with van der Waals surface area (Å²) in [7, 11) is 0. The maximum atomic E-state index is 11.4. The van der Waals surface area contributed by atoms with Crippen molar-refractivity contribution in [2.45, 2.75) is 52.4 Å². The van der Waals surface area contributed by atoms with Crippen molar-refractivity contribution in [3.63, 3.8) is 0 Å². The predicted molar refractivity (Wildman–Crippen MR) is 60.1 cm³/mol. The number of amides is 1. The highest BCUT2D eigenvalue weighted by Gasteiger charge is 2.24. The zero-order valence-corrected chi connectivity index (χ0v) is 10.6. The van der Waals surface area contributed by atoms with Crippen LogP contribution >= 0.6 is 0 Å². The smallest absolute Gasteiger partial charge is 0.409 e. The van der Waals surface area contributed by atoms with Gasteiger partial charge in [-0.3, -0.25) is 5.32 Å². The van der Waals surface area contributed by atoms with E-state index < -0.39 is 17.4 Å². The molecule has 0 saturated carbocycles. The quantitative estimate of drug-likeness (QED) is 0.445. The minimum absolute atomic E-state index is 0.270. The minimum Gasteiger partial charge on any atom is -0.444 e. The van der Waals surface area contributed by atoms with Gasteiger partial charge in [0.25, 0.3) is 0 Å². The molecule has 16 heavy (non-hydrogen) atoms. The van der Waals surface area contributed by atoms with E-state index in [1.807, 2.05) is 0 Å². The second kappa shape index (κ2) is 5.84. The zero-order valence-electron chi connectivity index (χ0n) is 10.6. The first kappa shape index (κ1) is 14.9. The number of rotatable bonds is 5. The van der Waals surface area contributed by atoms with E-state index in [0.717, 1.165) is 6.29 Å². The van der Waals surface area contributed by atoms with E-state index >= 15 is 0 Å². The van der Waals surface area contributed by atoms with E-state index in [1.165, 1.54) is 0 Å². The Balaban J connectivity index is 4.04. The van der Waals surface area contributed by atoms with Crippen molar-refractivity contribution in [2.24, 2.45) is 0 Å². The summed E-state index contributed by atoms with van der Waals surface area (Å²) in [5, 5.41) is 2.57. The third kappa shape index (κ3) is 8.23. The fourth-order valence-electron chi connectivity index (χ4n) is 0.948. The summed E-state index contributed by atoms with van der Waals surface area (Å²) >= 11 is 0. The monoisotopic (exact) mass is 231 g/mol. The second-order valence-electron chi connectivity index (χ2n) is 4.94. The molecular formula is C11H21NO4. The lowest BCUT2D eigenvalue weighted by Crippen LogP contribution is -2.47. The molecule has 0 aliphatic rings. The maximum absolute atomic E-state index is 11.4. The van der Waals surface area contributed by atoms with Crippen molar-refractivity contribution < 1.29 is 19.1 Å². The molecule has 1 amide bonds. The van der Waals surface area contributed by atoms with Gasteiger partial charge in [-0.15, -0.1) is 0 Å². The van der Waals surface area contributed by atoms with Crippen molar-refractivity contribution in [3.05, 3.63) is 0 Å². The number of hydrogen-bond donors (Lipinski definition) is 1. The van der Waals surface area contributed by atoms with Crippen LogP contribution in [0.5, 0.6) is 0 Å². The average molecular weight is 231 g/mol. The lowest BCUT2D eigenvalue weighted by atomic mass is 10.2. The van der Waals surface area contributed by atoms with Crippen LogP contribution in [0.15, 0.2) is 0 Å². The summed E-state index contributed by atoms with van der Waals surface area (Å²) < 4.78 is 10.4. The molecule has 0 bridgehead atoms. The summed E-state index contributed by atoms with van der Waals surface area (Å²) in [4.78, 5) is 21.5. The molecule has 0 saturated heterocycles. The largest absolute Gasteiger partial charge is 0.444 e. The number of aldehydes is 1. The molecule has 0 aromatic carbocycles. The molecular weight excluding hydrogens is 210 g/mol. The Morgan fingerprint density at radius 2 is 1.81 bits per heavy atom. The van der Waals surface area contributed by atoms with Crippen LogP contribution in [0, 0.1) is 0 Å². The van der Waals surface area contributed by atoms with Crippen LogP contribution < -0.4 is 5.32 Å². The molecule has 5 nitrogen and oxygen atoms in total. The molecule has 1 N–H and O–H groups in total. The second-order valence-corrected chi connectivity index (χ2v) is 4.94. The van der Waals surface area contributed by atoms with Crippen LogP contribution in [0.25, 0.3) is 0 Å². The molecule has 0 aliphatic carbocycles. The summed E-state index contributed by atoms with van der Waals surface area (Å²) in [6.45, 7) is 9.02. The van der Waals surface area contributed by atoms with E-state index in [2.05, 4.69) is 5.32 Å². The first-order valence-electron chi connectivity index (χ1n) is 5.25. The minimum atomic E-state index is -0.842. The van der Waals surface area contributed by atoms with E-state index in [9.17, 15) is 9.59 Å². The Morgan fingerprint density at radius 3 is 2.25 bits per heavy atom. The first-order chi connectivity index (χ1) is 7.16. The fraction of sp³-hybridized carbons (Fsp3) is 0.818. The predicted octanol–water partition coefficient (Wildman–Crippen LogP) is 1.85. The highest BCUT2D eigenvalue weighted by molar-refractivity contribution is 5.68. The van der Waals surface area contributed by atoms with Gasteiger partial charge < -0.3 is 14.3 Å². The first-order valence-corrected chi connectivity index (χ1v) is 5.25. The van der Waals surface area contributed by atoms with Crippen molar-refractivity contribution >= 4 is 12.4 Å². The third-order valence-electron chi connectivity index (χ3n) is 1.50. The molecule has 0 atom stereocenters. The maximum Gasteiger partial charge on any atom is 0.409 e. The number of carbonyl (C=O) groups is 2. The Bertz CT molecular complexity index is 243. The molecule has 0 rings (SSSR count). The summed E-state index contributed by atoms with van der Waals surface area (Å²) in [5.74, 6) is 0. The van der Waals surface area contributed by atoms with Gasteiger partial charge in [0.2, 0.25) is 0 Å². The normalized spacial score (nSPS) is 12.1. The Morgan fingerprint density at radius 1 is 1.25 bits per heavy atom. The number of carbonyl (C=O) groups excluding carboxylic acids is 2. The van der Waals surface area contributed by atoms with Crippen LogP contribution in [0.3, 0.4) is 0 Å². The van der Waals surface area contributed by atoms with E-state index in [-0.39, 0.29) is 6.61 Å². The van der Waals surface area contributed by atoms with Crippen LogP contribution in [-0.4, -0.2) is 30.3 Å². The summed E-state index contributed by atoms with van der Waals surface area (Å²) in [6.07, 6.45) is 0.534. The SMILES string of the molecule is CC(C)(C)OC(=O)NC(C)(C)OCCC=O. The Hall–Kier alpha value is -1.10. The van der Waals surface area contributed by atoms with Crippen molar-refractivity contribution in [1.82, 2.24) is 5.32 Å². The molecule has 0 aliphatic heterocycles. The molecule has 0 unspecified atom stereocenters. The molecule has 0 spiro atoms. The van der Waals surface area contributed by atoms with Gasteiger partial charge in [0.05, 0.1) is 6.61 Å². The standard InChI is InChI=1S/C11H21NO4/c1-10(2,3)16-9(14)12-11(4,5)15-8-6-7-13/h7H,6,8H2,1-5H3,(H,12,14). The van der Waals surface area contributed by atoms with E-state index in [0.29, 0.717) is 6.42 Å². The van der Waals surface area contributed by atoms with Crippen LogP contribution in [0.1, 0.15) is 41.0 Å².